The third kappa shape index (κ3) is 4.21. The number of hydrogen-bond donors (Lipinski definition) is 2. The van der Waals surface area contributed by atoms with Gasteiger partial charge < -0.3 is 15.4 Å². The maximum absolute atomic E-state index is 11.1. The second kappa shape index (κ2) is 6.91. The number of amides is 1. The molecule has 1 aliphatic rings. The molecule has 0 radical (unpaired) electrons. The number of hydrogen-bond acceptors (Lipinski definition) is 3. The van der Waals surface area contributed by atoms with Gasteiger partial charge in [0.15, 0.2) is 0 Å². The molecule has 0 aromatic heterocycles. The predicted molar refractivity (Wildman–Crippen MR) is 78.2 cm³/mol. The highest BCUT2D eigenvalue weighted by Gasteiger charge is 2.20. The van der Waals surface area contributed by atoms with Gasteiger partial charge in [0, 0.05) is 35.6 Å². The first kappa shape index (κ1) is 14.3. The van der Waals surface area contributed by atoms with E-state index in [0.29, 0.717) is 19.5 Å². The number of ether oxygens (including phenoxy) is 1. The third-order valence-electron chi connectivity index (χ3n) is 3.04. The molecule has 1 saturated heterocycles. The third-order valence-corrected chi connectivity index (χ3v) is 3.54. The molecule has 2 rings (SSSR count). The van der Waals surface area contributed by atoms with Gasteiger partial charge in [-0.25, -0.2) is 0 Å². The molecule has 5 heteroatoms. The quantitative estimate of drug-likeness (QED) is 0.842. The van der Waals surface area contributed by atoms with E-state index in [1.807, 2.05) is 12.1 Å². The van der Waals surface area contributed by atoms with E-state index in [1.54, 1.807) is 0 Å². The van der Waals surface area contributed by atoms with Crippen LogP contribution in [0.15, 0.2) is 22.7 Å². The molecular formula is C14H19BrN2O2. The summed E-state index contributed by atoms with van der Waals surface area (Å²) in [4.78, 5) is 11.1. The Morgan fingerprint density at radius 1 is 1.53 bits per heavy atom. The highest BCUT2D eigenvalue weighted by molar-refractivity contribution is 9.10. The summed E-state index contributed by atoms with van der Waals surface area (Å²) in [5, 5.41) is 6.21. The van der Waals surface area contributed by atoms with Crippen molar-refractivity contribution in [2.45, 2.75) is 32.4 Å². The van der Waals surface area contributed by atoms with Gasteiger partial charge in [0.1, 0.15) is 5.75 Å². The molecule has 1 atom stereocenters. The Morgan fingerprint density at radius 3 is 3.05 bits per heavy atom. The van der Waals surface area contributed by atoms with E-state index in [0.717, 1.165) is 28.8 Å². The van der Waals surface area contributed by atoms with Crippen LogP contribution in [-0.4, -0.2) is 25.1 Å². The summed E-state index contributed by atoms with van der Waals surface area (Å²) in [6, 6.07) is 6.23. The Morgan fingerprint density at radius 2 is 2.37 bits per heavy atom. The number of carbonyl (C=O) groups is 1. The summed E-state index contributed by atoms with van der Waals surface area (Å²) >= 11 is 3.48. The van der Waals surface area contributed by atoms with Crippen molar-refractivity contribution in [3.8, 4) is 5.75 Å². The molecular weight excluding hydrogens is 308 g/mol. The van der Waals surface area contributed by atoms with Gasteiger partial charge in [0.25, 0.3) is 0 Å². The van der Waals surface area contributed by atoms with Crippen LogP contribution in [0.25, 0.3) is 0 Å². The van der Waals surface area contributed by atoms with Crippen molar-refractivity contribution in [2.24, 2.45) is 0 Å². The van der Waals surface area contributed by atoms with E-state index in [-0.39, 0.29) is 11.9 Å². The molecule has 0 spiro atoms. The van der Waals surface area contributed by atoms with Crippen LogP contribution in [-0.2, 0) is 11.3 Å². The molecule has 1 aliphatic heterocycles. The fraction of sp³-hybridized carbons (Fsp3) is 0.500. The van der Waals surface area contributed by atoms with Gasteiger partial charge in [0.05, 0.1) is 6.61 Å². The molecule has 104 valence electrons. The molecule has 1 aromatic rings. The van der Waals surface area contributed by atoms with E-state index in [9.17, 15) is 4.79 Å². The maximum Gasteiger partial charge on any atom is 0.221 e. The van der Waals surface area contributed by atoms with Crippen LogP contribution in [0.1, 0.15) is 25.3 Å². The number of nitrogens with one attached hydrogen (secondary N) is 2. The molecule has 19 heavy (non-hydrogen) atoms. The molecule has 2 N–H and O–H groups in total. The van der Waals surface area contributed by atoms with Crippen molar-refractivity contribution in [3.63, 3.8) is 0 Å². The molecule has 1 amide bonds. The van der Waals surface area contributed by atoms with Crippen molar-refractivity contribution in [3.05, 3.63) is 28.2 Å². The molecule has 1 heterocycles. The lowest BCUT2D eigenvalue weighted by Gasteiger charge is -2.14. The van der Waals surface area contributed by atoms with Crippen LogP contribution in [0.3, 0.4) is 0 Å². The monoisotopic (exact) mass is 326 g/mol. The van der Waals surface area contributed by atoms with Crippen molar-refractivity contribution >= 4 is 21.8 Å². The zero-order chi connectivity index (χ0) is 13.7. The minimum Gasteiger partial charge on any atom is -0.493 e. The smallest absolute Gasteiger partial charge is 0.221 e. The normalized spacial score (nSPS) is 18.4. The zero-order valence-corrected chi connectivity index (χ0v) is 12.6. The fourth-order valence-corrected chi connectivity index (χ4v) is 2.45. The first-order valence-electron chi connectivity index (χ1n) is 6.60. The molecule has 1 aromatic carbocycles. The van der Waals surface area contributed by atoms with Gasteiger partial charge in [-0.15, -0.1) is 0 Å². The number of halogens is 1. The average molecular weight is 327 g/mol. The Bertz CT molecular complexity index is 451. The van der Waals surface area contributed by atoms with Crippen molar-refractivity contribution in [2.75, 3.05) is 13.2 Å². The lowest BCUT2D eigenvalue weighted by Crippen LogP contribution is -2.30. The van der Waals surface area contributed by atoms with E-state index in [2.05, 4.69) is 39.6 Å². The standard InChI is InChI=1S/C14H19BrN2O2/c1-2-5-19-13-4-3-11(15)6-10(13)8-16-12-7-14(18)17-9-12/h3-4,6,12,16H,2,5,7-9H2,1H3,(H,17,18). The van der Waals surface area contributed by atoms with Crippen molar-refractivity contribution in [1.29, 1.82) is 0 Å². The minimum atomic E-state index is 0.120. The van der Waals surface area contributed by atoms with Crippen LogP contribution in [0, 0.1) is 0 Å². The highest BCUT2D eigenvalue weighted by Crippen LogP contribution is 2.23. The number of carbonyl (C=O) groups excluding carboxylic acids is 1. The summed E-state index contributed by atoms with van der Waals surface area (Å²) in [7, 11) is 0. The first-order chi connectivity index (χ1) is 9.19. The van der Waals surface area contributed by atoms with Crippen LogP contribution in [0.5, 0.6) is 5.75 Å². The zero-order valence-electron chi connectivity index (χ0n) is 11.0. The average Bonchev–Trinajstić information content (AvgIpc) is 2.81. The summed E-state index contributed by atoms with van der Waals surface area (Å²) in [5.41, 5.74) is 1.11. The van der Waals surface area contributed by atoms with Crippen LogP contribution in [0.2, 0.25) is 0 Å². The van der Waals surface area contributed by atoms with E-state index < -0.39 is 0 Å². The lowest BCUT2D eigenvalue weighted by molar-refractivity contribution is -0.119. The SMILES string of the molecule is CCCOc1ccc(Br)cc1CNC1CNC(=O)C1. The van der Waals surface area contributed by atoms with Gasteiger partial charge in [-0.2, -0.15) is 0 Å². The van der Waals surface area contributed by atoms with Gasteiger partial charge >= 0.3 is 0 Å². The lowest BCUT2D eigenvalue weighted by atomic mass is 10.1. The topological polar surface area (TPSA) is 50.4 Å². The summed E-state index contributed by atoms with van der Waals surface area (Å²) in [5.74, 6) is 1.03. The van der Waals surface area contributed by atoms with E-state index >= 15 is 0 Å². The largest absolute Gasteiger partial charge is 0.493 e. The molecule has 1 unspecified atom stereocenters. The van der Waals surface area contributed by atoms with Gasteiger partial charge in [-0.05, 0) is 24.6 Å². The highest BCUT2D eigenvalue weighted by atomic mass is 79.9. The molecule has 4 nitrogen and oxygen atoms in total. The first-order valence-corrected chi connectivity index (χ1v) is 7.39. The Labute approximate surface area is 122 Å². The molecule has 0 aliphatic carbocycles. The van der Waals surface area contributed by atoms with Crippen molar-refractivity contribution < 1.29 is 9.53 Å². The maximum atomic E-state index is 11.1. The molecule has 0 saturated carbocycles. The fourth-order valence-electron chi connectivity index (χ4n) is 2.04. The molecule has 1 fully saturated rings. The van der Waals surface area contributed by atoms with Crippen LogP contribution in [0.4, 0.5) is 0 Å². The van der Waals surface area contributed by atoms with Crippen LogP contribution >= 0.6 is 15.9 Å². The van der Waals surface area contributed by atoms with Gasteiger partial charge in [-0.3, -0.25) is 4.79 Å². The number of rotatable bonds is 6. The molecule has 0 bridgehead atoms. The summed E-state index contributed by atoms with van der Waals surface area (Å²) in [6.07, 6.45) is 1.54. The Hall–Kier alpha value is -1.07. The number of benzene rings is 1. The Kier molecular flexibility index (Phi) is 5.22. The van der Waals surface area contributed by atoms with Crippen molar-refractivity contribution in [1.82, 2.24) is 10.6 Å². The van der Waals surface area contributed by atoms with Gasteiger partial charge in [0.2, 0.25) is 5.91 Å². The Balaban J connectivity index is 1.97. The minimum absolute atomic E-state index is 0.120. The predicted octanol–water partition coefficient (Wildman–Crippen LogP) is 2.22. The van der Waals surface area contributed by atoms with Crippen LogP contribution < -0.4 is 15.4 Å². The summed E-state index contributed by atoms with van der Waals surface area (Å²) in [6.45, 7) is 4.22. The summed E-state index contributed by atoms with van der Waals surface area (Å²) < 4.78 is 6.77. The van der Waals surface area contributed by atoms with E-state index in [4.69, 9.17) is 4.74 Å². The second-order valence-corrected chi connectivity index (χ2v) is 5.60. The second-order valence-electron chi connectivity index (χ2n) is 4.69. The van der Waals surface area contributed by atoms with Gasteiger partial charge in [-0.1, -0.05) is 22.9 Å². The van der Waals surface area contributed by atoms with E-state index in [1.165, 1.54) is 0 Å².